The molecule has 0 aromatic carbocycles. The summed E-state index contributed by atoms with van der Waals surface area (Å²) >= 11 is 0. The minimum Gasteiger partial charge on any atom is -0.460 e. The van der Waals surface area contributed by atoms with Gasteiger partial charge in [0.05, 0.1) is 0 Å². The molecular weight excluding hydrogens is 218 g/mol. The average Bonchev–Trinajstić information content (AvgIpc) is 2.53. The zero-order valence-electron chi connectivity index (χ0n) is 10.8. The summed E-state index contributed by atoms with van der Waals surface area (Å²) in [5, 5.41) is 9.56. The highest BCUT2D eigenvalue weighted by molar-refractivity contribution is 5.74. The Bertz CT molecular complexity index is 268. The zero-order valence-corrected chi connectivity index (χ0v) is 10.8. The third kappa shape index (κ3) is 2.80. The number of hydrogen-bond donors (Lipinski definition) is 1. The molecule has 2 heterocycles. The van der Waals surface area contributed by atoms with Crippen LogP contribution in [0.4, 0.5) is 0 Å². The summed E-state index contributed by atoms with van der Waals surface area (Å²) in [6.07, 6.45) is 4.67. The van der Waals surface area contributed by atoms with Crippen LogP contribution in [0.1, 0.15) is 45.4 Å². The first-order valence-electron chi connectivity index (χ1n) is 6.72. The van der Waals surface area contributed by atoms with Gasteiger partial charge in [-0.05, 0) is 39.2 Å². The fourth-order valence-corrected chi connectivity index (χ4v) is 3.09. The number of hydrogen-bond acceptors (Lipinski definition) is 4. The van der Waals surface area contributed by atoms with E-state index in [4.69, 9.17) is 4.74 Å². The van der Waals surface area contributed by atoms with Crippen molar-refractivity contribution in [3.05, 3.63) is 0 Å². The van der Waals surface area contributed by atoms with Crippen LogP contribution in [0.2, 0.25) is 0 Å². The predicted molar refractivity (Wildman–Crippen MR) is 64.6 cm³/mol. The molecule has 4 heteroatoms. The highest BCUT2D eigenvalue weighted by Gasteiger charge is 2.40. The van der Waals surface area contributed by atoms with Crippen molar-refractivity contribution in [2.45, 2.75) is 69.7 Å². The minimum absolute atomic E-state index is 0.0164. The molecule has 2 aliphatic heterocycles. The maximum absolute atomic E-state index is 11.6. The summed E-state index contributed by atoms with van der Waals surface area (Å²) < 4.78 is 5.42. The van der Waals surface area contributed by atoms with Crippen molar-refractivity contribution in [2.75, 3.05) is 7.05 Å². The van der Waals surface area contributed by atoms with Gasteiger partial charge in [-0.1, -0.05) is 13.3 Å². The third-order valence-electron chi connectivity index (χ3n) is 4.17. The first-order chi connectivity index (χ1) is 8.11. The standard InChI is InChI=1S/C13H23NO3/c1-3-4-12(15)13(16)17-11-7-9-5-6-10(8-11)14(9)2/h9-12,15H,3-8H2,1-2H3/t9-,10+,11?,12?. The zero-order chi connectivity index (χ0) is 12.4. The molecule has 4 nitrogen and oxygen atoms in total. The van der Waals surface area contributed by atoms with E-state index in [1.807, 2.05) is 6.92 Å². The molecule has 2 saturated heterocycles. The first kappa shape index (κ1) is 12.8. The van der Waals surface area contributed by atoms with E-state index in [-0.39, 0.29) is 6.10 Å². The molecule has 0 aromatic heterocycles. The van der Waals surface area contributed by atoms with E-state index in [1.165, 1.54) is 12.8 Å². The Hall–Kier alpha value is -0.610. The fraction of sp³-hybridized carbons (Fsp3) is 0.923. The average molecular weight is 241 g/mol. The lowest BCUT2D eigenvalue weighted by Crippen LogP contribution is -2.44. The van der Waals surface area contributed by atoms with Crippen LogP contribution in [0, 0.1) is 0 Å². The van der Waals surface area contributed by atoms with E-state index >= 15 is 0 Å². The fourth-order valence-electron chi connectivity index (χ4n) is 3.09. The molecular formula is C13H23NO3. The maximum Gasteiger partial charge on any atom is 0.335 e. The van der Waals surface area contributed by atoms with Gasteiger partial charge >= 0.3 is 5.97 Å². The second-order valence-electron chi connectivity index (χ2n) is 5.39. The van der Waals surface area contributed by atoms with Crippen molar-refractivity contribution in [2.24, 2.45) is 0 Å². The number of ether oxygens (including phenoxy) is 1. The van der Waals surface area contributed by atoms with Crippen molar-refractivity contribution in [3.63, 3.8) is 0 Å². The smallest absolute Gasteiger partial charge is 0.335 e. The summed E-state index contributed by atoms with van der Waals surface area (Å²) in [5.74, 6) is -0.430. The summed E-state index contributed by atoms with van der Waals surface area (Å²) in [6, 6.07) is 1.13. The monoisotopic (exact) mass is 241 g/mol. The van der Waals surface area contributed by atoms with Gasteiger partial charge in [-0.2, -0.15) is 0 Å². The van der Waals surface area contributed by atoms with Gasteiger partial charge in [0.15, 0.2) is 6.10 Å². The lowest BCUT2D eigenvalue weighted by atomic mass is 10.0. The van der Waals surface area contributed by atoms with Gasteiger partial charge in [0.25, 0.3) is 0 Å². The molecule has 2 bridgehead atoms. The molecule has 0 saturated carbocycles. The van der Waals surface area contributed by atoms with E-state index in [2.05, 4.69) is 11.9 Å². The van der Waals surface area contributed by atoms with Crippen molar-refractivity contribution < 1.29 is 14.6 Å². The summed E-state index contributed by atoms with van der Waals surface area (Å²) in [7, 11) is 2.16. The number of piperidine rings is 1. The normalized spacial score (nSPS) is 34.6. The number of carbonyl (C=O) groups excluding carboxylic acids is 1. The van der Waals surface area contributed by atoms with Crippen molar-refractivity contribution in [1.29, 1.82) is 0 Å². The molecule has 1 N–H and O–H groups in total. The summed E-state index contributed by atoms with van der Waals surface area (Å²) in [5.41, 5.74) is 0. The quantitative estimate of drug-likeness (QED) is 0.754. The molecule has 2 aliphatic rings. The highest BCUT2D eigenvalue weighted by atomic mass is 16.6. The number of rotatable bonds is 4. The Morgan fingerprint density at radius 3 is 2.53 bits per heavy atom. The van der Waals surface area contributed by atoms with E-state index in [0.717, 1.165) is 19.3 Å². The van der Waals surface area contributed by atoms with Crippen LogP contribution in [0.25, 0.3) is 0 Å². The molecule has 17 heavy (non-hydrogen) atoms. The van der Waals surface area contributed by atoms with E-state index < -0.39 is 12.1 Å². The van der Waals surface area contributed by atoms with Crippen LogP contribution in [0.3, 0.4) is 0 Å². The molecule has 2 unspecified atom stereocenters. The molecule has 2 rings (SSSR count). The minimum atomic E-state index is -0.933. The Kier molecular flexibility index (Phi) is 4.05. The van der Waals surface area contributed by atoms with Crippen LogP contribution in [-0.2, 0) is 9.53 Å². The van der Waals surface area contributed by atoms with Gasteiger partial charge in [-0.25, -0.2) is 4.79 Å². The van der Waals surface area contributed by atoms with Gasteiger partial charge in [-0.15, -0.1) is 0 Å². The SMILES string of the molecule is CCCC(O)C(=O)OC1C[C@H]2CC[C@@H](C1)N2C. The van der Waals surface area contributed by atoms with Gasteiger partial charge in [0.2, 0.25) is 0 Å². The molecule has 0 amide bonds. The lowest BCUT2D eigenvalue weighted by Gasteiger charge is -2.36. The number of carbonyl (C=O) groups is 1. The van der Waals surface area contributed by atoms with Gasteiger partial charge in [-0.3, -0.25) is 0 Å². The summed E-state index contributed by atoms with van der Waals surface area (Å²) in [4.78, 5) is 14.0. The summed E-state index contributed by atoms with van der Waals surface area (Å²) in [6.45, 7) is 1.95. The second-order valence-corrected chi connectivity index (χ2v) is 5.39. The Labute approximate surface area is 103 Å². The topological polar surface area (TPSA) is 49.8 Å². The Morgan fingerprint density at radius 2 is 2.00 bits per heavy atom. The first-order valence-corrected chi connectivity index (χ1v) is 6.72. The van der Waals surface area contributed by atoms with Crippen LogP contribution in [-0.4, -0.2) is 47.3 Å². The number of nitrogens with zero attached hydrogens (tertiary/aromatic N) is 1. The molecule has 0 spiro atoms. The van der Waals surface area contributed by atoms with Gasteiger partial charge in [0.1, 0.15) is 6.10 Å². The molecule has 98 valence electrons. The van der Waals surface area contributed by atoms with E-state index in [1.54, 1.807) is 0 Å². The lowest BCUT2D eigenvalue weighted by molar-refractivity contribution is -0.162. The highest BCUT2D eigenvalue weighted by Crippen LogP contribution is 2.35. The number of aliphatic hydroxyl groups is 1. The van der Waals surface area contributed by atoms with Crippen molar-refractivity contribution in [1.82, 2.24) is 4.90 Å². The predicted octanol–water partition coefficient (Wildman–Crippen LogP) is 1.32. The van der Waals surface area contributed by atoms with Crippen molar-refractivity contribution >= 4 is 5.97 Å². The molecule has 4 atom stereocenters. The molecule has 2 fully saturated rings. The molecule has 0 radical (unpaired) electrons. The number of aliphatic hydroxyl groups excluding tert-OH is 1. The maximum atomic E-state index is 11.6. The van der Waals surface area contributed by atoms with E-state index in [9.17, 15) is 9.90 Å². The Balaban J connectivity index is 1.83. The second kappa shape index (κ2) is 5.36. The van der Waals surface area contributed by atoms with Crippen LogP contribution in [0.15, 0.2) is 0 Å². The van der Waals surface area contributed by atoms with Crippen LogP contribution < -0.4 is 0 Å². The third-order valence-corrected chi connectivity index (χ3v) is 4.17. The number of esters is 1. The van der Waals surface area contributed by atoms with Gasteiger partial charge in [0, 0.05) is 12.1 Å². The molecule has 0 aromatic rings. The van der Waals surface area contributed by atoms with Gasteiger partial charge < -0.3 is 14.7 Å². The number of fused-ring (bicyclic) bond motifs is 2. The van der Waals surface area contributed by atoms with E-state index in [0.29, 0.717) is 18.5 Å². The van der Waals surface area contributed by atoms with Crippen LogP contribution >= 0.6 is 0 Å². The molecule has 0 aliphatic carbocycles. The Morgan fingerprint density at radius 1 is 1.41 bits per heavy atom. The van der Waals surface area contributed by atoms with Crippen LogP contribution in [0.5, 0.6) is 0 Å². The van der Waals surface area contributed by atoms with Crippen molar-refractivity contribution in [3.8, 4) is 0 Å². The largest absolute Gasteiger partial charge is 0.460 e.